The molecule has 0 saturated carbocycles. The monoisotopic (exact) mass is 347 g/mol. The molecule has 0 aliphatic rings. The number of imide groups is 1. The molecule has 1 aromatic rings. The predicted octanol–water partition coefficient (Wildman–Crippen LogP) is 0.461. The number of nitrogens with one attached hydrogen (secondary N) is 2. The number of amides is 4. The van der Waals surface area contributed by atoms with Crippen LogP contribution in [-0.4, -0.2) is 37.0 Å². The van der Waals surface area contributed by atoms with Gasteiger partial charge < -0.3 is 15.8 Å². The van der Waals surface area contributed by atoms with Crippen LogP contribution < -0.4 is 16.4 Å². The zero-order valence-electron chi connectivity index (χ0n) is 11.0. The van der Waals surface area contributed by atoms with Gasteiger partial charge >= 0.3 is 12.0 Å². The molecule has 118 valence electrons. The third-order valence-electron chi connectivity index (χ3n) is 2.20. The molecule has 4 N–H and O–H groups in total. The van der Waals surface area contributed by atoms with E-state index in [1.54, 1.807) is 5.32 Å². The summed E-state index contributed by atoms with van der Waals surface area (Å²) in [5.41, 5.74) is 4.83. The molecule has 0 heterocycles. The lowest BCUT2D eigenvalue weighted by molar-refractivity contribution is -0.147. The molecule has 0 spiro atoms. The van der Waals surface area contributed by atoms with Gasteiger partial charge in [-0.1, -0.05) is 23.2 Å². The van der Waals surface area contributed by atoms with Gasteiger partial charge in [-0.15, -0.1) is 0 Å². The van der Waals surface area contributed by atoms with E-state index in [0.29, 0.717) is 5.02 Å². The van der Waals surface area contributed by atoms with Gasteiger partial charge in [0.25, 0.3) is 11.8 Å². The van der Waals surface area contributed by atoms with E-state index in [0.717, 1.165) is 0 Å². The van der Waals surface area contributed by atoms with Crippen LogP contribution in [0, 0.1) is 0 Å². The van der Waals surface area contributed by atoms with Gasteiger partial charge in [0, 0.05) is 5.02 Å². The Labute approximate surface area is 134 Å². The molecule has 1 rings (SSSR count). The summed E-state index contributed by atoms with van der Waals surface area (Å²) >= 11 is 11.5. The summed E-state index contributed by atoms with van der Waals surface area (Å²) in [5, 5.41) is 4.45. The maximum Gasteiger partial charge on any atom is 0.325 e. The molecule has 0 fully saturated rings. The molecule has 0 saturated heterocycles. The summed E-state index contributed by atoms with van der Waals surface area (Å²) in [6.45, 7) is -1.18. The number of hydrogen-bond acceptors (Lipinski definition) is 5. The zero-order valence-corrected chi connectivity index (χ0v) is 12.5. The number of nitrogens with two attached hydrogens (primary N) is 1. The van der Waals surface area contributed by atoms with Crippen LogP contribution in [0.25, 0.3) is 0 Å². The third-order valence-corrected chi connectivity index (χ3v) is 2.74. The van der Waals surface area contributed by atoms with Crippen LogP contribution >= 0.6 is 23.2 Å². The minimum Gasteiger partial charge on any atom is -0.454 e. The third kappa shape index (κ3) is 5.98. The van der Waals surface area contributed by atoms with E-state index in [4.69, 9.17) is 28.9 Å². The van der Waals surface area contributed by atoms with Crippen LogP contribution in [0.1, 0.15) is 10.4 Å². The summed E-state index contributed by atoms with van der Waals surface area (Å²) in [4.78, 5) is 44.4. The van der Waals surface area contributed by atoms with Crippen LogP contribution in [0.4, 0.5) is 4.79 Å². The summed E-state index contributed by atoms with van der Waals surface area (Å²) < 4.78 is 4.51. The number of hydrogen-bond donors (Lipinski definition) is 3. The van der Waals surface area contributed by atoms with Crippen LogP contribution in [0.15, 0.2) is 18.2 Å². The average Bonchev–Trinajstić information content (AvgIpc) is 2.41. The van der Waals surface area contributed by atoms with Crippen LogP contribution in [0.5, 0.6) is 0 Å². The molecular weight excluding hydrogens is 337 g/mol. The van der Waals surface area contributed by atoms with Crippen molar-refractivity contribution in [3.63, 3.8) is 0 Å². The lowest BCUT2D eigenvalue weighted by Gasteiger charge is -2.07. The van der Waals surface area contributed by atoms with Gasteiger partial charge in [-0.05, 0) is 18.2 Å². The molecule has 0 radical (unpaired) electrons. The summed E-state index contributed by atoms with van der Waals surface area (Å²) in [6, 6.07) is 3.18. The van der Waals surface area contributed by atoms with E-state index < -0.39 is 37.0 Å². The van der Waals surface area contributed by atoms with E-state index in [2.05, 4.69) is 10.1 Å². The minimum absolute atomic E-state index is 0.124. The molecule has 1 aromatic carbocycles. The van der Waals surface area contributed by atoms with Gasteiger partial charge in [-0.25, -0.2) is 4.79 Å². The first-order chi connectivity index (χ1) is 10.3. The number of carbonyl (C=O) groups excluding carboxylic acids is 4. The molecule has 4 amide bonds. The largest absolute Gasteiger partial charge is 0.454 e. The second-order valence-corrected chi connectivity index (χ2v) is 4.72. The highest BCUT2D eigenvalue weighted by molar-refractivity contribution is 6.36. The highest BCUT2D eigenvalue weighted by Gasteiger charge is 2.13. The molecule has 0 aromatic heterocycles. The predicted molar refractivity (Wildman–Crippen MR) is 77.5 cm³/mol. The first-order valence-electron chi connectivity index (χ1n) is 5.77. The maximum absolute atomic E-state index is 11.8. The lowest BCUT2D eigenvalue weighted by atomic mass is 10.2. The second kappa shape index (κ2) is 8.20. The van der Waals surface area contributed by atoms with Crippen molar-refractivity contribution in [2.45, 2.75) is 0 Å². The number of benzene rings is 1. The Morgan fingerprint density at radius 2 is 1.86 bits per heavy atom. The van der Waals surface area contributed by atoms with Crippen molar-refractivity contribution < 1.29 is 23.9 Å². The number of carbonyl (C=O) groups is 4. The van der Waals surface area contributed by atoms with Gasteiger partial charge in [0.15, 0.2) is 6.61 Å². The molecule has 0 aliphatic carbocycles. The molecule has 10 heteroatoms. The van der Waals surface area contributed by atoms with Crippen molar-refractivity contribution in [2.24, 2.45) is 5.73 Å². The Balaban J connectivity index is 2.42. The minimum atomic E-state index is -1.06. The Morgan fingerprint density at radius 1 is 1.18 bits per heavy atom. The van der Waals surface area contributed by atoms with Gasteiger partial charge in [0.2, 0.25) is 0 Å². The lowest BCUT2D eigenvalue weighted by Crippen LogP contribution is -2.39. The number of ether oxygens (including phenoxy) is 1. The van der Waals surface area contributed by atoms with E-state index in [-0.39, 0.29) is 10.6 Å². The van der Waals surface area contributed by atoms with Crippen molar-refractivity contribution >= 4 is 47.0 Å². The molecule has 0 bridgehead atoms. The molecule has 0 aliphatic heterocycles. The average molecular weight is 348 g/mol. The number of esters is 1. The van der Waals surface area contributed by atoms with Gasteiger partial charge in [-0.2, -0.15) is 0 Å². The number of rotatable bonds is 5. The van der Waals surface area contributed by atoms with Crippen LogP contribution in [-0.2, 0) is 14.3 Å². The summed E-state index contributed by atoms with van der Waals surface area (Å²) in [6.07, 6.45) is 0. The topological polar surface area (TPSA) is 128 Å². The highest BCUT2D eigenvalue weighted by Crippen LogP contribution is 2.20. The Bertz CT molecular complexity index is 621. The molecule has 0 unspecified atom stereocenters. The fraction of sp³-hybridized carbons (Fsp3) is 0.167. The van der Waals surface area contributed by atoms with Gasteiger partial charge in [0.05, 0.1) is 10.6 Å². The van der Waals surface area contributed by atoms with Gasteiger partial charge in [-0.3, -0.25) is 19.7 Å². The number of halogens is 2. The molecule has 0 atom stereocenters. The Morgan fingerprint density at radius 3 is 2.45 bits per heavy atom. The second-order valence-electron chi connectivity index (χ2n) is 3.88. The maximum atomic E-state index is 11.8. The van der Waals surface area contributed by atoms with Crippen LogP contribution in [0.2, 0.25) is 10.0 Å². The number of urea groups is 1. The quantitative estimate of drug-likeness (QED) is 0.666. The number of primary amides is 1. The zero-order chi connectivity index (χ0) is 16.7. The molecule has 22 heavy (non-hydrogen) atoms. The first kappa shape index (κ1) is 17.7. The van der Waals surface area contributed by atoms with E-state index in [1.807, 2.05) is 0 Å². The summed E-state index contributed by atoms with van der Waals surface area (Å²) in [5.74, 6) is -2.37. The fourth-order valence-corrected chi connectivity index (χ4v) is 1.79. The van der Waals surface area contributed by atoms with Crippen molar-refractivity contribution in [1.29, 1.82) is 0 Å². The first-order valence-corrected chi connectivity index (χ1v) is 6.53. The van der Waals surface area contributed by atoms with Crippen LogP contribution in [0.3, 0.4) is 0 Å². The smallest absolute Gasteiger partial charge is 0.325 e. The fourth-order valence-electron chi connectivity index (χ4n) is 1.29. The van der Waals surface area contributed by atoms with Gasteiger partial charge in [0.1, 0.15) is 6.54 Å². The molecule has 8 nitrogen and oxygen atoms in total. The van der Waals surface area contributed by atoms with E-state index in [9.17, 15) is 19.2 Å². The highest BCUT2D eigenvalue weighted by atomic mass is 35.5. The Hall–Kier alpha value is -2.32. The standard InChI is InChI=1S/C12H11Cl2N3O5/c13-6-1-2-7(8(14)3-6)11(20)16-4-10(19)22-5-9(18)17-12(15)21/h1-3H,4-5H2,(H,16,20)(H3,15,17,18,21). The normalized spacial score (nSPS) is 9.73. The Kier molecular flexibility index (Phi) is 6.61. The van der Waals surface area contributed by atoms with Crippen molar-refractivity contribution in [3.05, 3.63) is 33.8 Å². The van der Waals surface area contributed by atoms with Crippen molar-refractivity contribution in [2.75, 3.05) is 13.2 Å². The SMILES string of the molecule is NC(=O)NC(=O)COC(=O)CNC(=O)c1ccc(Cl)cc1Cl. The van der Waals surface area contributed by atoms with E-state index in [1.165, 1.54) is 18.2 Å². The van der Waals surface area contributed by atoms with Crippen molar-refractivity contribution in [1.82, 2.24) is 10.6 Å². The van der Waals surface area contributed by atoms with E-state index >= 15 is 0 Å². The van der Waals surface area contributed by atoms with Crippen molar-refractivity contribution in [3.8, 4) is 0 Å². The summed E-state index contributed by atoms with van der Waals surface area (Å²) in [7, 11) is 0. The molecular formula is C12H11Cl2N3O5.